The highest BCUT2D eigenvalue weighted by Crippen LogP contribution is 2.34. The Labute approximate surface area is 103 Å². The molecular weight excluding hydrogens is 241 g/mol. The van der Waals surface area contributed by atoms with Crippen LogP contribution < -0.4 is 5.73 Å². The first-order chi connectivity index (χ1) is 8.47. The molecule has 0 amide bonds. The van der Waals surface area contributed by atoms with Gasteiger partial charge in [-0.2, -0.15) is 0 Å². The van der Waals surface area contributed by atoms with Crippen molar-refractivity contribution in [2.75, 3.05) is 6.61 Å². The topological polar surface area (TPSA) is 102 Å². The van der Waals surface area contributed by atoms with Gasteiger partial charge in [0.2, 0.25) is 0 Å². The number of aliphatic imine (C=N–C) groups is 1. The van der Waals surface area contributed by atoms with Crippen LogP contribution in [0.5, 0.6) is 0 Å². The van der Waals surface area contributed by atoms with Gasteiger partial charge in [0, 0.05) is 11.8 Å². The second-order valence-corrected chi connectivity index (χ2v) is 4.09. The molecule has 0 saturated heterocycles. The fourth-order valence-electron chi connectivity index (χ4n) is 2.06. The van der Waals surface area contributed by atoms with Crippen molar-refractivity contribution < 1.29 is 19.7 Å². The molecule has 98 valence electrons. The first-order valence-electron chi connectivity index (χ1n) is 5.32. The van der Waals surface area contributed by atoms with Crippen LogP contribution >= 0.6 is 0 Å². The number of aliphatic hydroxyl groups is 3. The summed E-state index contributed by atoms with van der Waals surface area (Å²) in [4.78, 5) is 5.11. The quantitative estimate of drug-likeness (QED) is 0.505. The Morgan fingerprint density at radius 1 is 1.50 bits per heavy atom. The number of rotatable bonds is 2. The van der Waals surface area contributed by atoms with Crippen molar-refractivity contribution in [2.45, 2.75) is 18.2 Å². The molecule has 0 bridgehead atoms. The Morgan fingerprint density at radius 3 is 2.67 bits per heavy atom. The van der Waals surface area contributed by atoms with Crippen molar-refractivity contribution in [1.82, 2.24) is 4.90 Å². The number of nitrogens with two attached hydrogens (primary N) is 1. The maximum absolute atomic E-state index is 14.0. The molecule has 0 fully saturated rings. The zero-order chi connectivity index (χ0) is 13.4. The van der Waals surface area contributed by atoms with Gasteiger partial charge in [0.15, 0.2) is 0 Å². The van der Waals surface area contributed by atoms with E-state index in [9.17, 15) is 14.6 Å². The molecule has 5 N–H and O–H groups in total. The normalized spacial score (nSPS) is 32.2. The van der Waals surface area contributed by atoms with Crippen molar-refractivity contribution in [3.63, 3.8) is 0 Å². The highest BCUT2D eigenvalue weighted by molar-refractivity contribution is 5.92. The zero-order valence-electron chi connectivity index (χ0n) is 9.49. The van der Waals surface area contributed by atoms with Crippen LogP contribution in [0, 0.1) is 0 Å². The minimum atomic E-state index is -1.44. The summed E-state index contributed by atoms with van der Waals surface area (Å²) in [6.45, 7) is 2.94. The molecule has 0 aromatic rings. The molecule has 1 unspecified atom stereocenters. The summed E-state index contributed by atoms with van der Waals surface area (Å²) in [6.07, 6.45) is 0.0101. The average molecular weight is 255 g/mol. The lowest BCUT2D eigenvalue weighted by atomic mass is 10.1. The summed E-state index contributed by atoms with van der Waals surface area (Å²) in [7, 11) is 0. The van der Waals surface area contributed by atoms with Gasteiger partial charge in [0.1, 0.15) is 35.7 Å². The molecule has 3 atom stereocenters. The van der Waals surface area contributed by atoms with Crippen molar-refractivity contribution in [1.29, 1.82) is 0 Å². The number of halogens is 1. The van der Waals surface area contributed by atoms with Gasteiger partial charge in [0.05, 0.1) is 6.61 Å². The average Bonchev–Trinajstić information content (AvgIpc) is 2.52. The lowest BCUT2D eigenvalue weighted by Crippen LogP contribution is -2.43. The molecule has 0 aromatic carbocycles. The molecule has 6 nitrogen and oxygen atoms in total. The van der Waals surface area contributed by atoms with E-state index in [1.165, 1.54) is 17.2 Å². The summed E-state index contributed by atoms with van der Waals surface area (Å²) in [6, 6.07) is -1.15. The highest BCUT2D eigenvalue weighted by Gasteiger charge is 2.44. The van der Waals surface area contributed by atoms with Gasteiger partial charge < -0.3 is 26.0 Å². The first-order valence-corrected chi connectivity index (χ1v) is 5.32. The monoisotopic (exact) mass is 255 g/mol. The molecule has 2 rings (SSSR count). The van der Waals surface area contributed by atoms with Crippen LogP contribution in [-0.2, 0) is 0 Å². The fraction of sp³-hybridized carbons (Fsp3) is 0.364. The van der Waals surface area contributed by atoms with Gasteiger partial charge >= 0.3 is 0 Å². The van der Waals surface area contributed by atoms with Crippen LogP contribution in [0.4, 0.5) is 4.39 Å². The Bertz CT molecular complexity index is 472. The highest BCUT2D eigenvalue weighted by atomic mass is 19.1. The van der Waals surface area contributed by atoms with Gasteiger partial charge in [-0.15, -0.1) is 0 Å². The molecule has 7 heteroatoms. The number of nitrogens with zero attached hydrogens (tertiary/aromatic N) is 2. The van der Waals surface area contributed by atoms with Crippen LogP contribution in [0.3, 0.4) is 0 Å². The molecule has 1 aliphatic carbocycles. The fourth-order valence-corrected chi connectivity index (χ4v) is 2.06. The smallest absolute Gasteiger partial charge is 0.130 e. The van der Waals surface area contributed by atoms with Crippen LogP contribution in [0.2, 0.25) is 0 Å². The van der Waals surface area contributed by atoms with Crippen LogP contribution in [-0.4, -0.2) is 50.9 Å². The maximum atomic E-state index is 14.0. The molecule has 1 heterocycles. The molecular formula is C11H14FN3O3. The Morgan fingerprint density at radius 2 is 2.17 bits per heavy atom. The summed E-state index contributed by atoms with van der Waals surface area (Å²) in [5, 5.41) is 28.4. The minimum Gasteiger partial charge on any atom is -0.392 e. The minimum absolute atomic E-state index is 0.153. The summed E-state index contributed by atoms with van der Waals surface area (Å²) < 4.78 is 14.0. The second-order valence-electron chi connectivity index (χ2n) is 4.09. The predicted molar refractivity (Wildman–Crippen MR) is 62.8 cm³/mol. The van der Waals surface area contributed by atoms with Gasteiger partial charge in [-0.25, -0.2) is 9.38 Å². The van der Waals surface area contributed by atoms with Gasteiger partial charge in [0.25, 0.3) is 0 Å². The third kappa shape index (κ3) is 1.82. The second kappa shape index (κ2) is 4.52. The standard InChI is InChI=1S/C11H14FN3O3/c1-5-14-7(13)2-3-15(5)9-8(12)6(4-16)10(17)11(9)18/h2-3,9-11,16-18H,1,4H2,(H2,13,14)/t9?,10-,11+/m1/s1. The molecule has 0 aromatic heterocycles. The van der Waals surface area contributed by atoms with Gasteiger partial charge in [-0.1, -0.05) is 6.58 Å². The van der Waals surface area contributed by atoms with E-state index < -0.39 is 30.7 Å². The SMILES string of the molecule is C=C1N=C(N)C=CN1C1C(F)=C(CO)[C@@H](O)[C@H]1O. The van der Waals surface area contributed by atoms with E-state index in [0.29, 0.717) is 0 Å². The van der Waals surface area contributed by atoms with Crippen LogP contribution in [0.25, 0.3) is 0 Å². The van der Waals surface area contributed by atoms with Crippen LogP contribution in [0.1, 0.15) is 0 Å². The van der Waals surface area contributed by atoms with Crippen molar-refractivity contribution in [3.8, 4) is 0 Å². The molecule has 0 radical (unpaired) electrons. The first kappa shape index (κ1) is 12.7. The van der Waals surface area contributed by atoms with Crippen LogP contribution in [0.15, 0.2) is 41.1 Å². The summed E-state index contributed by atoms with van der Waals surface area (Å²) in [5.74, 6) is -0.407. The Balaban J connectivity index is 2.33. The Kier molecular flexibility index (Phi) is 3.20. The van der Waals surface area contributed by atoms with E-state index in [2.05, 4.69) is 11.6 Å². The lowest BCUT2D eigenvalue weighted by Gasteiger charge is -2.31. The zero-order valence-corrected chi connectivity index (χ0v) is 9.49. The number of aliphatic hydroxyl groups excluding tert-OH is 3. The summed E-state index contributed by atoms with van der Waals surface area (Å²) >= 11 is 0. The van der Waals surface area contributed by atoms with E-state index in [1.54, 1.807) is 0 Å². The summed E-state index contributed by atoms with van der Waals surface area (Å²) in [5.41, 5.74) is 5.23. The van der Waals surface area contributed by atoms with Gasteiger partial charge in [-0.05, 0) is 6.08 Å². The lowest BCUT2D eigenvalue weighted by molar-refractivity contribution is 0.0162. The van der Waals surface area contributed by atoms with E-state index in [0.717, 1.165) is 0 Å². The van der Waals surface area contributed by atoms with E-state index >= 15 is 0 Å². The third-order valence-electron chi connectivity index (χ3n) is 3.00. The van der Waals surface area contributed by atoms with Crippen molar-refractivity contribution in [2.24, 2.45) is 10.7 Å². The van der Waals surface area contributed by atoms with Crippen molar-refractivity contribution in [3.05, 3.63) is 36.1 Å². The maximum Gasteiger partial charge on any atom is 0.130 e. The number of hydrogen-bond donors (Lipinski definition) is 4. The predicted octanol–water partition coefficient (Wildman–Crippen LogP) is -1.04. The Hall–Kier alpha value is -1.70. The molecule has 18 heavy (non-hydrogen) atoms. The molecule has 2 aliphatic rings. The molecule has 1 aliphatic heterocycles. The van der Waals surface area contributed by atoms with E-state index in [-0.39, 0.29) is 17.2 Å². The van der Waals surface area contributed by atoms with E-state index in [1.807, 2.05) is 0 Å². The van der Waals surface area contributed by atoms with Gasteiger partial charge in [-0.3, -0.25) is 0 Å². The largest absolute Gasteiger partial charge is 0.392 e. The van der Waals surface area contributed by atoms with E-state index in [4.69, 9.17) is 10.8 Å². The molecule has 0 saturated carbocycles. The number of amidine groups is 1. The molecule has 0 spiro atoms. The van der Waals surface area contributed by atoms with Crippen molar-refractivity contribution >= 4 is 5.84 Å². The third-order valence-corrected chi connectivity index (χ3v) is 3.00. The number of hydrogen-bond acceptors (Lipinski definition) is 6.